The van der Waals surface area contributed by atoms with Gasteiger partial charge in [0.15, 0.2) is 11.5 Å². The zero-order chi connectivity index (χ0) is 27.8. The fourth-order valence-corrected chi connectivity index (χ4v) is 3.18. The topological polar surface area (TPSA) is 131 Å². The first-order valence-corrected chi connectivity index (χ1v) is 13.2. The molecular weight excluding hydrogens is 478 g/mol. The second-order valence-corrected chi connectivity index (χ2v) is 9.61. The molecule has 37 heavy (non-hydrogen) atoms. The van der Waals surface area contributed by atoms with Crippen LogP contribution < -0.4 is 15.2 Å². The lowest BCUT2D eigenvalue weighted by atomic mass is 10.1. The maximum absolute atomic E-state index is 12.5. The molecule has 0 spiro atoms. The molecule has 2 atom stereocenters. The van der Waals surface area contributed by atoms with Crippen molar-refractivity contribution in [2.24, 2.45) is 11.7 Å². The Kier molecular flexibility index (Phi) is 15.2. The first-order valence-electron chi connectivity index (χ1n) is 13.2. The Balaban J connectivity index is 2.78. The molecule has 1 rings (SSSR count). The highest BCUT2D eigenvalue weighted by atomic mass is 16.6. The van der Waals surface area contributed by atoms with Crippen molar-refractivity contribution in [2.75, 3.05) is 6.61 Å². The molecule has 0 heterocycles. The van der Waals surface area contributed by atoms with Crippen LogP contribution in [-0.4, -0.2) is 42.6 Å². The molecule has 0 aromatic heterocycles. The van der Waals surface area contributed by atoms with Crippen LogP contribution in [0, 0.1) is 5.92 Å². The number of ether oxygens (including phenoxy) is 4. The van der Waals surface area contributed by atoms with Crippen molar-refractivity contribution in [1.29, 1.82) is 0 Å². The zero-order valence-electron chi connectivity index (χ0n) is 22.9. The molecule has 0 aliphatic rings. The minimum Gasteiger partial charge on any atom is -0.462 e. The molecule has 0 aliphatic carbocycles. The number of benzene rings is 1. The van der Waals surface area contributed by atoms with Gasteiger partial charge in [-0.3, -0.25) is 19.2 Å². The monoisotopic (exact) mass is 521 g/mol. The summed E-state index contributed by atoms with van der Waals surface area (Å²) in [5.74, 6) is -1.21. The van der Waals surface area contributed by atoms with Gasteiger partial charge in [0, 0.05) is 19.3 Å². The SMILES string of the molecule is CCCCC(=O)Oc1ccc(C[C@H](N)C(=O)O[C@@H](C)COC(=O)CCC(C)C)cc1OC(=O)CCCC. The van der Waals surface area contributed by atoms with E-state index in [0.717, 1.165) is 19.3 Å². The Morgan fingerprint density at radius 3 is 2.00 bits per heavy atom. The molecule has 0 amide bonds. The first-order chi connectivity index (χ1) is 17.5. The fraction of sp³-hybridized carbons (Fsp3) is 0.643. The van der Waals surface area contributed by atoms with Crippen LogP contribution in [-0.2, 0) is 35.1 Å². The van der Waals surface area contributed by atoms with Crippen molar-refractivity contribution in [3.63, 3.8) is 0 Å². The Hall–Kier alpha value is -2.94. The molecule has 0 saturated carbocycles. The minimum atomic E-state index is -0.999. The van der Waals surface area contributed by atoms with E-state index in [1.807, 2.05) is 27.7 Å². The molecule has 0 fully saturated rings. The van der Waals surface area contributed by atoms with E-state index >= 15 is 0 Å². The molecule has 0 unspecified atom stereocenters. The van der Waals surface area contributed by atoms with E-state index in [4.69, 9.17) is 24.7 Å². The number of carbonyl (C=O) groups excluding carboxylic acids is 4. The van der Waals surface area contributed by atoms with E-state index < -0.39 is 30.1 Å². The molecule has 0 bridgehead atoms. The number of esters is 4. The van der Waals surface area contributed by atoms with Crippen LogP contribution in [0.15, 0.2) is 18.2 Å². The van der Waals surface area contributed by atoms with Gasteiger partial charge in [0.05, 0.1) is 0 Å². The zero-order valence-corrected chi connectivity index (χ0v) is 22.9. The van der Waals surface area contributed by atoms with Gasteiger partial charge in [0.25, 0.3) is 0 Å². The number of unbranched alkanes of at least 4 members (excludes halogenated alkanes) is 2. The summed E-state index contributed by atoms with van der Waals surface area (Å²) in [6.45, 7) is 9.55. The summed E-state index contributed by atoms with van der Waals surface area (Å²) in [5, 5.41) is 0. The summed E-state index contributed by atoms with van der Waals surface area (Å²) in [6.07, 6.45) is 4.02. The largest absolute Gasteiger partial charge is 0.462 e. The third-order valence-electron chi connectivity index (χ3n) is 5.41. The summed E-state index contributed by atoms with van der Waals surface area (Å²) >= 11 is 0. The second kappa shape index (κ2) is 17.5. The quantitative estimate of drug-likeness (QED) is 0.230. The lowest BCUT2D eigenvalue weighted by molar-refractivity contribution is -0.159. The van der Waals surface area contributed by atoms with Crippen molar-refractivity contribution >= 4 is 23.9 Å². The fourth-order valence-electron chi connectivity index (χ4n) is 3.18. The van der Waals surface area contributed by atoms with Gasteiger partial charge in [0.2, 0.25) is 0 Å². The highest BCUT2D eigenvalue weighted by molar-refractivity contribution is 5.77. The van der Waals surface area contributed by atoms with Gasteiger partial charge in [-0.15, -0.1) is 0 Å². The molecular formula is C28H43NO8. The Morgan fingerprint density at radius 1 is 0.838 bits per heavy atom. The maximum atomic E-state index is 12.5. The molecule has 0 radical (unpaired) electrons. The summed E-state index contributed by atoms with van der Waals surface area (Å²) in [5.41, 5.74) is 6.65. The molecule has 2 N–H and O–H groups in total. The highest BCUT2D eigenvalue weighted by Gasteiger charge is 2.21. The standard InChI is InChI=1S/C28H43NO8/c1-6-8-10-26(31)36-23-14-13-21(17-24(23)37-27(32)11-9-7-2)16-22(29)28(33)35-20(5)18-34-25(30)15-12-19(3)4/h13-14,17,19-20,22H,6-12,15-16,18,29H2,1-5H3/t20-,22-/m0/s1. The van der Waals surface area contributed by atoms with Gasteiger partial charge < -0.3 is 24.7 Å². The summed E-state index contributed by atoms with van der Waals surface area (Å²) in [6, 6.07) is 3.72. The average molecular weight is 522 g/mol. The van der Waals surface area contributed by atoms with Gasteiger partial charge in [-0.25, -0.2) is 0 Å². The summed E-state index contributed by atoms with van der Waals surface area (Å²) in [4.78, 5) is 48.6. The van der Waals surface area contributed by atoms with Crippen molar-refractivity contribution in [3.8, 4) is 11.5 Å². The van der Waals surface area contributed by atoms with E-state index in [2.05, 4.69) is 0 Å². The molecule has 9 heteroatoms. The molecule has 1 aromatic rings. The number of nitrogens with two attached hydrogens (primary N) is 1. The average Bonchev–Trinajstić information content (AvgIpc) is 2.85. The van der Waals surface area contributed by atoms with Crippen molar-refractivity contribution in [1.82, 2.24) is 0 Å². The van der Waals surface area contributed by atoms with Crippen LogP contribution in [0.1, 0.15) is 91.5 Å². The van der Waals surface area contributed by atoms with Crippen LogP contribution >= 0.6 is 0 Å². The van der Waals surface area contributed by atoms with Crippen LogP contribution in [0.25, 0.3) is 0 Å². The van der Waals surface area contributed by atoms with E-state index in [1.54, 1.807) is 19.1 Å². The first kappa shape index (κ1) is 32.1. The normalized spacial score (nSPS) is 12.5. The summed E-state index contributed by atoms with van der Waals surface area (Å²) < 4.78 is 21.4. The van der Waals surface area contributed by atoms with Crippen molar-refractivity contribution < 1.29 is 38.1 Å². The summed E-state index contributed by atoms with van der Waals surface area (Å²) in [7, 11) is 0. The number of carbonyl (C=O) groups is 4. The van der Waals surface area contributed by atoms with Crippen LogP contribution in [0.4, 0.5) is 0 Å². The minimum absolute atomic E-state index is 0.0503. The predicted octanol–water partition coefficient (Wildman–Crippen LogP) is 4.66. The third-order valence-corrected chi connectivity index (χ3v) is 5.41. The van der Waals surface area contributed by atoms with Crippen LogP contribution in [0.2, 0.25) is 0 Å². The maximum Gasteiger partial charge on any atom is 0.323 e. The van der Waals surface area contributed by atoms with Crippen LogP contribution in [0.3, 0.4) is 0 Å². The van der Waals surface area contributed by atoms with E-state index in [9.17, 15) is 19.2 Å². The predicted molar refractivity (Wildman–Crippen MR) is 139 cm³/mol. The smallest absolute Gasteiger partial charge is 0.323 e. The van der Waals surface area contributed by atoms with Crippen LogP contribution in [0.5, 0.6) is 11.5 Å². The number of hydrogen-bond donors (Lipinski definition) is 1. The van der Waals surface area contributed by atoms with Gasteiger partial charge >= 0.3 is 23.9 Å². The lowest BCUT2D eigenvalue weighted by Crippen LogP contribution is -2.37. The molecule has 9 nitrogen and oxygen atoms in total. The Bertz CT molecular complexity index is 883. The van der Waals surface area contributed by atoms with Gasteiger partial charge in [-0.05, 0) is 56.2 Å². The highest BCUT2D eigenvalue weighted by Crippen LogP contribution is 2.30. The molecule has 1 aromatic carbocycles. The van der Waals surface area contributed by atoms with Crippen molar-refractivity contribution in [3.05, 3.63) is 23.8 Å². The number of hydrogen-bond acceptors (Lipinski definition) is 9. The van der Waals surface area contributed by atoms with Gasteiger partial charge in [-0.2, -0.15) is 0 Å². The van der Waals surface area contributed by atoms with E-state index in [-0.39, 0.29) is 43.3 Å². The Labute approximate surface area is 220 Å². The molecule has 208 valence electrons. The number of rotatable bonds is 17. The van der Waals surface area contributed by atoms with Gasteiger partial charge in [-0.1, -0.05) is 46.6 Å². The second-order valence-electron chi connectivity index (χ2n) is 9.61. The Morgan fingerprint density at radius 2 is 1.43 bits per heavy atom. The van der Waals surface area contributed by atoms with Gasteiger partial charge in [0.1, 0.15) is 18.8 Å². The third kappa shape index (κ3) is 13.8. The molecule has 0 saturated heterocycles. The van der Waals surface area contributed by atoms with E-state index in [1.165, 1.54) is 6.07 Å². The lowest BCUT2D eigenvalue weighted by Gasteiger charge is -2.18. The van der Waals surface area contributed by atoms with Crippen molar-refractivity contribution in [2.45, 2.75) is 105 Å². The van der Waals surface area contributed by atoms with E-state index in [0.29, 0.717) is 30.7 Å². The molecule has 0 aliphatic heterocycles.